The van der Waals surface area contributed by atoms with Gasteiger partial charge in [-0.25, -0.2) is 0 Å². The summed E-state index contributed by atoms with van der Waals surface area (Å²) >= 11 is 3.59. The van der Waals surface area contributed by atoms with E-state index in [1.165, 1.54) is 29.3 Å². The van der Waals surface area contributed by atoms with Crippen LogP contribution >= 0.6 is 15.9 Å². The zero-order valence-electron chi connectivity index (χ0n) is 10.6. The van der Waals surface area contributed by atoms with Crippen LogP contribution in [0.25, 0.3) is 0 Å². The maximum absolute atomic E-state index is 3.74. The molecule has 0 bridgehead atoms. The highest BCUT2D eigenvalue weighted by Crippen LogP contribution is 2.22. The smallest absolute Gasteiger partial charge is 0.0302 e. The Bertz CT molecular complexity index is 335. The van der Waals surface area contributed by atoms with Crippen LogP contribution in [-0.2, 0) is 0 Å². The largest absolute Gasteiger partial charge is 0.310 e. The Morgan fingerprint density at radius 1 is 1.29 bits per heavy atom. The molecule has 0 saturated carbocycles. The molecule has 0 heterocycles. The average molecular weight is 296 g/mol. The number of nitrogens with one attached hydrogen (secondary N) is 1. The van der Waals surface area contributed by atoms with Crippen molar-refractivity contribution in [2.45, 2.75) is 38.6 Å². The summed E-state index contributed by atoms with van der Waals surface area (Å²) in [5.41, 5.74) is 1.33. The van der Waals surface area contributed by atoms with E-state index in [-0.39, 0.29) is 0 Å². The van der Waals surface area contributed by atoms with E-state index in [0.29, 0.717) is 6.04 Å². The Hall–Kier alpha value is -0.600. The van der Waals surface area contributed by atoms with Crippen LogP contribution in [0.3, 0.4) is 0 Å². The van der Waals surface area contributed by atoms with Crippen LogP contribution in [0.15, 0.2) is 41.4 Å². The molecule has 0 spiro atoms. The number of benzene rings is 1. The molecule has 0 aliphatic rings. The van der Waals surface area contributed by atoms with E-state index in [1.54, 1.807) is 0 Å². The molecular formula is C15H22BrN. The number of halogens is 1. The van der Waals surface area contributed by atoms with Gasteiger partial charge in [0.2, 0.25) is 0 Å². The van der Waals surface area contributed by atoms with Gasteiger partial charge in [-0.15, -0.1) is 6.58 Å². The van der Waals surface area contributed by atoms with Crippen molar-refractivity contribution in [2.24, 2.45) is 0 Å². The summed E-state index contributed by atoms with van der Waals surface area (Å²) in [6, 6.07) is 8.81. The second-order valence-electron chi connectivity index (χ2n) is 4.34. The summed E-state index contributed by atoms with van der Waals surface area (Å²) < 4.78 is 1.19. The second kappa shape index (κ2) is 8.48. The van der Waals surface area contributed by atoms with Crippen LogP contribution in [-0.4, -0.2) is 6.54 Å². The van der Waals surface area contributed by atoms with Gasteiger partial charge in [0.05, 0.1) is 0 Å². The van der Waals surface area contributed by atoms with Crippen LogP contribution in [0, 0.1) is 0 Å². The van der Waals surface area contributed by atoms with Crippen molar-refractivity contribution >= 4 is 15.9 Å². The minimum absolute atomic E-state index is 0.407. The highest BCUT2D eigenvalue weighted by molar-refractivity contribution is 9.10. The van der Waals surface area contributed by atoms with E-state index in [0.717, 1.165) is 13.0 Å². The molecule has 0 unspecified atom stereocenters. The molecule has 2 heteroatoms. The van der Waals surface area contributed by atoms with E-state index >= 15 is 0 Å². The fourth-order valence-corrected chi connectivity index (χ4v) is 2.47. The Kier molecular flexibility index (Phi) is 7.22. The van der Waals surface area contributed by atoms with Crippen molar-refractivity contribution in [1.82, 2.24) is 5.32 Å². The molecule has 0 amide bonds. The standard InChI is InChI=1S/C15H22BrN/c1-3-4-5-6-9-12-17-13(2)14-10-7-8-11-15(14)16/h3,7-8,10-11,13,17H,1,4-6,9,12H2,2H3/t13-/m0/s1. The van der Waals surface area contributed by atoms with Crippen molar-refractivity contribution < 1.29 is 0 Å². The third-order valence-corrected chi connectivity index (χ3v) is 3.63. The van der Waals surface area contributed by atoms with E-state index in [9.17, 15) is 0 Å². The Morgan fingerprint density at radius 3 is 2.76 bits per heavy atom. The van der Waals surface area contributed by atoms with Crippen LogP contribution < -0.4 is 5.32 Å². The van der Waals surface area contributed by atoms with Crippen molar-refractivity contribution in [3.05, 3.63) is 47.0 Å². The van der Waals surface area contributed by atoms with Crippen molar-refractivity contribution in [3.8, 4) is 0 Å². The summed E-state index contributed by atoms with van der Waals surface area (Å²) in [5.74, 6) is 0. The molecule has 0 aliphatic carbocycles. The van der Waals surface area contributed by atoms with Gasteiger partial charge in [0.25, 0.3) is 0 Å². The SMILES string of the molecule is C=CCCCCCN[C@@H](C)c1ccccc1Br. The fraction of sp³-hybridized carbons (Fsp3) is 0.467. The zero-order chi connectivity index (χ0) is 12.5. The molecule has 0 aliphatic heterocycles. The Morgan fingerprint density at radius 2 is 2.06 bits per heavy atom. The van der Waals surface area contributed by atoms with E-state index < -0.39 is 0 Å². The van der Waals surface area contributed by atoms with E-state index in [2.05, 4.69) is 59.0 Å². The number of allylic oxidation sites excluding steroid dienone is 1. The van der Waals surface area contributed by atoms with Crippen molar-refractivity contribution in [3.63, 3.8) is 0 Å². The van der Waals surface area contributed by atoms with Crippen LogP contribution in [0.1, 0.15) is 44.2 Å². The minimum Gasteiger partial charge on any atom is -0.310 e. The predicted molar refractivity (Wildman–Crippen MR) is 79.2 cm³/mol. The monoisotopic (exact) mass is 295 g/mol. The highest BCUT2D eigenvalue weighted by Gasteiger charge is 2.06. The normalized spacial score (nSPS) is 12.4. The molecule has 1 aromatic rings. The van der Waals surface area contributed by atoms with Gasteiger partial charge < -0.3 is 5.32 Å². The van der Waals surface area contributed by atoms with E-state index in [4.69, 9.17) is 0 Å². The van der Waals surface area contributed by atoms with Gasteiger partial charge in [-0.1, -0.05) is 46.6 Å². The third kappa shape index (κ3) is 5.51. The van der Waals surface area contributed by atoms with Crippen molar-refractivity contribution in [1.29, 1.82) is 0 Å². The molecule has 1 rings (SSSR count). The molecule has 1 nitrogen and oxygen atoms in total. The van der Waals surface area contributed by atoms with Crippen LogP contribution in [0.2, 0.25) is 0 Å². The highest BCUT2D eigenvalue weighted by atomic mass is 79.9. The van der Waals surface area contributed by atoms with Crippen LogP contribution in [0.5, 0.6) is 0 Å². The molecule has 0 saturated heterocycles. The Labute approximate surface area is 113 Å². The van der Waals surface area contributed by atoms with Gasteiger partial charge in [-0.3, -0.25) is 0 Å². The zero-order valence-corrected chi connectivity index (χ0v) is 12.2. The van der Waals surface area contributed by atoms with Gasteiger partial charge in [0.1, 0.15) is 0 Å². The molecule has 17 heavy (non-hydrogen) atoms. The topological polar surface area (TPSA) is 12.0 Å². The van der Waals surface area contributed by atoms with Crippen molar-refractivity contribution in [2.75, 3.05) is 6.54 Å². The number of rotatable bonds is 8. The number of hydrogen-bond donors (Lipinski definition) is 1. The summed E-state index contributed by atoms with van der Waals surface area (Å²) in [5, 5.41) is 3.56. The summed E-state index contributed by atoms with van der Waals surface area (Å²) in [6.45, 7) is 7.03. The number of hydrogen-bond acceptors (Lipinski definition) is 1. The van der Waals surface area contributed by atoms with Gasteiger partial charge >= 0.3 is 0 Å². The van der Waals surface area contributed by atoms with E-state index in [1.807, 2.05) is 6.08 Å². The van der Waals surface area contributed by atoms with Gasteiger partial charge in [-0.2, -0.15) is 0 Å². The lowest BCUT2D eigenvalue weighted by Crippen LogP contribution is -2.20. The maximum Gasteiger partial charge on any atom is 0.0302 e. The first-order chi connectivity index (χ1) is 8.25. The molecular weight excluding hydrogens is 274 g/mol. The molecule has 0 aromatic heterocycles. The lowest BCUT2D eigenvalue weighted by atomic mass is 10.1. The van der Waals surface area contributed by atoms with Gasteiger partial charge in [-0.05, 0) is 44.4 Å². The molecule has 0 fully saturated rings. The minimum atomic E-state index is 0.407. The molecule has 1 N–H and O–H groups in total. The summed E-state index contributed by atoms with van der Waals surface area (Å²) in [7, 11) is 0. The maximum atomic E-state index is 3.74. The molecule has 1 aromatic carbocycles. The lowest BCUT2D eigenvalue weighted by Gasteiger charge is -2.15. The van der Waals surface area contributed by atoms with Crippen LogP contribution in [0.4, 0.5) is 0 Å². The predicted octanol–water partition coefficient (Wildman–Crippen LogP) is 4.85. The molecule has 94 valence electrons. The molecule has 0 radical (unpaired) electrons. The number of unbranched alkanes of at least 4 members (excludes halogenated alkanes) is 3. The summed E-state index contributed by atoms with van der Waals surface area (Å²) in [4.78, 5) is 0. The first-order valence-electron chi connectivity index (χ1n) is 6.34. The lowest BCUT2D eigenvalue weighted by molar-refractivity contribution is 0.538. The molecule has 1 atom stereocenters. The second-order valence-corrected chi connectivity index (χ2v) is 5.19. The van der Waals surface area contributed by atoms with Gasteiger partial charge in [0.15, 0.2) is 0 Å². The summed E-state index contributed by atoms with van der Waals surface area (Å²) in [6.07, 6.45) is 6.91. The first-order valence-corrected chi connectivity index (χ1v) is 7.13. The fourth-order valence-electron chi connectivity index (χ4n) is 1.85. The Balaban J connectivity index is 2.23. The van der Waals surface area contributed by atoms with Gasteiger partial charge in [0, 0.05) is 10.5 Å². The first kappa shape index (κ1) is 14.5. The quantitative estimate of drug-likeness (QED) is 0.534. The average Bonchev–Trinajstić information content (AvgIpc) is 2.34. The third-order valence-electron chi connectivity index (χ3n) is 2.91.